The summed E-state index contributed by atoms with van der Waals surface area (Å²) in [5.41, 5.74) is 0.0976. The number of carbonyl (C=O) groups is 1. The maximum absolute atomic E-state index is 12.8. The third-order valence-electron chi connectivity index (χ3n) is 4.15. The molecule has 0 saturated heterocycles. The Morgan fingerprint density at radius 1 is 1.25 bits per heavy atom. The number of hydrogen-bond acceptors (Lipinski definition) is 3. The summed E-state index contributed by atoms with van der Waals surface area (Å²) in [6.07, 6.45) is -3.46. The molecule has 2 N–H and O–H groups in total. The smallest absolute Gasteiger partial charge is 0.349 e. The van der Waals surface area contributed by atoms with Crippen molar-refractivity contribution in [1.29, 1.82) is 0 Å². The van der Waals surface area contributed by atoms with Crippen LogP contribution in [0.3, 0.4) is 0 Å². The van der Waals surface area contributed by atoms with Crippen LogP contribution in [-0.4, -0.2) is 33.6 Å². The predicted molar refractivity (Wildman–Crippen MR) is 82.0 cm³/mol. The van der Waals surface area contributed by atoms with Crippen LogP contribution in [0.4, 0.5) is 13.2 Å². The minimum atomic E-state index is -4.26. The summed E-state index contributed by atoms with van der Waals surface area (Å²) in [7, 11) is -2.44. The molecule has 1 amide bonds. The molecule has 24 heavy (non-hydrogen) atoms. The van der Waals surface area contributed by atoms with Crippen LogP contribution in [0.2, 0.25) is 0 Å². The summed E-state index contributed by atoms with van der Waals surface area (Å²) in [4.78, 5) is 12.2. The van der Waals surface area contributed by atoms with Crippen LogP contribution in [-0.2, 0) is 10.0 Å². The SMILES string of the molecule is CNS(=O)(=O)c1cccc(C(=O)N[C@@H]2CCC[C@H](C(F)(F)F)C2)c1. The first-order chi connectivity index (χ1) is 11.1. The molecule has 1 aromatic rings. The van der Waals surface area contributed by atoms with E-state index in [9.17, 15) is 26.4 Å². The molecule has 1 aliphatic carbocycles. The van der Waals surface area contributed by atoms with Crippen molar-refractivity contribution >= 4 is 15.9 Å². The first kappa shape index (κ1) is 18.7. The second kappa shape index (κ2) is 7.10. The van der Waals surface area contributed by atoms with Crippen LogP contribution in [0, 0.1) is 5.92 Å². The average molecular weight is 364 g/mol. The van der Waals surface area contributed by atoms with Crippen LogP contribution < -0.4 is 10.0 Å². The fraction of sp³-hybridized carbons (Fsp3) is 0.533. The molecule has 1 saturated carbocycles. The lowest BCUT2D eigenvalue weighted by Crippen LogP contribution is -2.41. The minimum Gasteiger partial charge on any atom is -0.349 e. The van der Waals surface area contributed by atoms with Gasteiger partial charge in [-0.3, -0.25) is 4.79 Å². The predicted octanol–water partition coefficient (Wildman–Crippen LogP) is 2.45. The van der Waals surface area contributed by atoms with Gasteiger partial charge in [-0.25, -0.2) is 13.1 Å². The van der Waals surface area contributed by atoms with Crippen molar-refractivity contribution in [3.8, 4) is 0 Å². The zero-order valence-electron chi connectivity index (χ0n) is 13.1. The lowest BCUT2D eigenvalue weighted by atomic mass is 9.85. The molecule has 1 aromatic carbocycles. The highest BCUT2D eigenvalue weighted by Crippen LogP contribution is 2.37. The standard InChI is InChI=1S/C15H19F3N2O3S/c1-19-24(22,23)13-7-2-4-10(8-13)14(21)20-12-6-3-5-11(9-12)15(16,17)18/h2,4,7-8,11-12,19H,3,5-6,9H2,1H3,(H,20,21)/t11-,12+/m0/s1. The Hall–Kier alpha value is -1.61. The number of alkyl halides is 3. The van der Waals surface area contributed by atoms with E-state index in [1.807, 2.05) is 0 Å². The maximum Gasteiger partial charge on any atom is 0.391 e. The van der Waals surface area contributed by atoms with E-state index in [2.05, 4.69) is 10.0 Å². The van der Waals surface area contributed by atoms with Gasteiger partial charge in [-0.15, -0.1) is 0 Å². The number of nitrogens with one attached hydrogen (secondary N) is 2. The molecule has 2 atom stereocenters. The van der Waals surface area contributed by atoms with E-state index in [1.54, 1.807) is 0 Å². The first-order valence-corrected chi connectivity index (χ1v) is 9.03. The number of hydrogen-bond donors (Lipinski definition) is 2. The highest BCUT2D eigenvalue weighted by atomic mass is 32.2. The molecule has 1 fully saturated rings. The van der Waals surface area contributed by atoms with E-state index in [4.69, 9.17) is 0 Å². The van der Waals surface area contributed by atoms with Crippen molar-refractivity contribution in [2.24, 2.45) is 5.92 Å². The van der Waals surface area contributed by atoms with Gasteiger partial charge in [0.05, 0.1) is 10.8 Å². The fourth-order valence-electron chi connectivity index (χ4n) is 2.81. The molecule has 0 bridgehead atoms. The molecule has 9 heteroatoms. The van der Waals surface area contributed by atoms with E-state index in [0.717, 1.165) is 0 Å². The fourth-order valence-corrected chi connectivity index (χ4v) is 3.58. The van der Waals surface area contributed by atoms with Gasteiger partial charge in [-0.2, -0.15) is 13.2 Å². The Kier molecular flexibility index (Phi) is 5.54. The highest BCUT2D eigenvalue weighted by Gasteiger charge is 2.42. The van der Waals surface area contributed by atoms with E-state index >= 15 is 0 Å². The first-order valence-electron chi connectivity index (χ1n) is 7.54. The molecule has 134 valence electrons. The van der Waals surface area contributed by atoms with Crippen LogP contribution in [0.1, 0.15) is 36.0 Å². The molecule has 1 aliphatic rings. The molecular weight excluding hydrogens is 345 g/mol. The average Bonchev–Trinajstić information content (AvgIpc) is 2.54. The van der Waals surface area contributed by atoms with Gasteiger partial charge in [0.25, 0.3) is 5.91 Å². The summed E-state index contributed by atoms with van der Waals surface area (Å²) < 4.78 is 64.1. The van der Waals surface area contributed by atoms with Gasteiger partial charge in [0.15, 0.2) is 0 Å². The van der Waals surface area contributed by atoms with Gasteiger partial charge >= 0.3 is 6.18 Å². The van der Waals surface area contributed by atoms with Gasteiger partial charge < -0.3 is 5.32 Å². The molecule has 2 rings (SSSR count). The molecule has 0 aliphatic heterocycles. The van der Waals surface area contributed by atoms with E-state index in [0.29, 0.717) is 12.8 Å². The second-order valence-electron chi connectivity index (χ2n) is 5.81. The van der Waals surface area contributed by atoms with Crippen molar-refractivity contribution in [2.75, 3.05) is 7.05 Å². The molecule has 0 aromatic heterocycles. The van der Waals surface area contributed by atoms with Gasteiger partial charge in [-0.05, 0) is 44.5 Å². The Labute approximate surface area is 138 Å². The number of sulfonamides is 1. The summed E-state index contributed by atoms with van der Waals surface area (Å²) in [5.74, 6) is -1.98. The van der Waals surface area contributed by atoms with Crippen LogP contribution in [0.15, 0.2) is 29.2 Å². The molecule has 0 radical (unpaired) electrons. The normalized spacial score (nSPS) is 22.2. The summed E-state index contributed by atoms with van der Waals surface area (Å²) in [5, 5.41) is 2.58. The highest BCUT2D eigenvalue weighted by molar-refractivity contribution is 7.89. The van der Waals surface area contributed by atoms with Crippen LogP contribution >= 0.6 is 0 Å². The van der Waals surface area contributed by atoms with Gasteiger partial charge in [0.1, 0.15) is 0 Å². The molecule has 0 unspecified atom stereocenters. The third kappa shape index (κ3) is 4.47. The number of carbonyl (C=O) groups excluding carboxylic acids is 1. The maximum atomic E-state index is 12.8. The summed E-state index contributed by atoms with van der Waals surface area (Å²) in [6, 6.07) is 4.81. The van der Waals surface area contributed by atoms with Crippen LogP contribution in [0.25, 0.3) is 0 Å². The number of amides is 1. The molecule has 0 heterocycles. The number of halogens is 3. The van der Waals surface area contributed by atoms with Crippen molar-refractivity contribution in [3.05, 3.63) is 29.8 Å². The summed E-state index contributed by atoms with van der Waals surface area (Å²) >= 11 is 0. The van der Waals surface area contributed by atoms with Gasteiger partial charge in [-0.1, -0.05) is 12.5 Å². The minimum absolute atomic E-state index is 0.0746. The van der Waals surface area contributed by atoms with Gasteiger partial charge in [0.2, 0.25) is 10.0 Å². The largest absolute Gasteiger partial charge is 0.391 e. The zero-order valence-corrected chi connectivity index (χ0v) is 13.9. The monoisotopic (exact) mass is 364 g/mol. The van der Waals surface area contributed by atoms with Crippen molar-refractivity contribution in [2.45, 2.75) is 42.8 Å². The van der Waals surface area contributed by atoms with E-state index in [1.165, 1.54) is 31.3 Å². The Morgan fingerprint density at radius 2 is 1.96 bits per heavy atom. The summed E-state index contributed by atoms with van der Waals surface area (Å²) in [6.45, 7) is 0. The number of rotatable bonds is 4. The molecule has 0 spiro atoms. The number of benzene rings is 1. The zero-order chi connectivity index (χ0) is 18.0. The third-order valence-corrected chi connectivity index (χ3v) is 5.56. The Balaban J connectivity index is 2.09. The molecule has 5 nitrogen and oxygen atoms in total. The van der Waals surface area contributed by atoms with Gasteiger partial charge in [0, 0.05) is 11.6 Å². The molecular formula is C15H19F3N2O3S. The lowest BCUT2D eigenvalue weighted by Gasteiger charge is -2.31. The second-order valence-corrected chi connectivity index (χ2v) is 7.70. The van der Waals surface area contributed by atoms with Crippen molar-refractivity contribution in [1.82, 2.24) is 10.0 Å². The quantitative estimate of drug-likeness (QED) is 0.862. The van der Waals surface area contributed by atoms with E-state index < -0.39 is 34.1 Å². The Bertz CT molecular complexity index is 704. The Morgan fingerprint density at radius 3 is 2.58 bits per heavy atom. The lowest BCUT2D eigenvalue weighted by molar-refractivity contribution is -0.183. The van der Waals surface area contributed by atoms with E-state index in [-0.39, 0.29) is 23.3 Å². The topological polar surface area (TPSA) is 75.3 Å². The van der Waals surface area contributed by atoms with Crippen LogP contribution in [0.5, 0.6) is 0 Å². The van der Waals surface area contributed by atoms with Crippen molar-refractivity contribution < 1.29 is 26.4 Å². The van der Waals surface area contributed by atoms with Crippen molar-refractivity contribution in [3.63, 3.8) is 0 Å².